The minimum absolute atomic E-state index is 0.592. The molecular formula is C51H31N3OS. The molecule has 0 saturated heterocycles. The first kappa shape index (κ1) is 31.3. The molecule has 1 aliphatic heterocycles. The maximum Gasteiger partial charge on any atom is 0.171 e. The number of hydrogen-bond donors (Lipinski definition) is 1. The van der Waals surface area contributed by atoms with Crippen LogP contribution in [0.4, 0.5) is 0 Å². The van der Waals surface area contributed by atoms with E-state index < -0.39 is 6.17 Å². The Kier molecular flexibility index (Phi) is 6.83. The van der Waals surface area contributed by atoms with Crippen LogP contribution in [0.1, 0.15) is 22.9 Å². The van der Waals surface area contributed by atoms with Crippen LogP contribution in [0.15, 0.2) is 190 Å². The van der Waals surface area contributed by atoms with Gasteiger partial charge in [0.1, 0.15) is 22.8 Å². The van der Waals surface area contributed by atoms with Gasteiger partial charge >= 0.3 is 0 Å². The molecule has 0 spiro atoms. The molecule has 0 bridgehead atoms. The summed E-state index contributed by atoms with van der Waals surface area (Å²) in [6.07, 6.45) is -0.592. The van der Waals surface area contributed by atoms with Crippen LogP contribution in [0.2, 0.25) is 0 Å². The molecule has 2 aromatic heterocycles. The van der Waals surface area contributed by atoms with E-state index in [0.717, 1.165) is 77.6 Å². The zero-order chi connectivity index (χ0) is 36.7. The summed E-state index contributed by atoms with van der Waals surface area (Å²) in [5, 5.41) is 15.3. The second-order valence-corrected chi connectivity index (χ2v) is 15.6. The maximum absolute atomic E-state index is 6.71. The Labute approximate surface area is 325 Å². The third kappa shape index (κ3) is 4.91. The molecule has 0 aliphatic carbocycles. The van der Waals surface area contributed by atoms with E-state index in [2.05, 4.69) is 181 Å². The molecule has 5 heteroatoms. The molecule has 0 fully saturated rings. The number of rotatable bonds is 4. The van der Waals surface area contributed by atoms with E-state index in [9.17, 15) is 0 Å². The first-order valence-electron chi connectivity index (χ1n) is 18.9. The quantitative estimate of drug-likeness (QED) is 0.196. The molecule has 4 nitrogen and oxygen atoms in total. The van der Waals surface area contributed by atoms with Crippen molar-refractivity contribution in [2.45, 2.75) is 6.17 Å². The average molecular weight is 734 g/mol. The van der Waals surface area contributed by atoms with Crippen LogP contribution < -0.4 is 5.32 Å². The Morgan fingerprint density at radius 3 is 1.84 bits per heavy atom. The number of fused-ring (bicyclic) bond motifs is 9. The molecule has 56 heavy (non-hydrogen) atoms. The van der Waals surface area contributed by atoms with Gasteiger partial charge in [-0.15, -0.1) is 11.3 Å². The van der Waals surface area contributed by atoms with Crippen molar-refractivity contribution < 1.29 is 4.42 Å². The third-order valence-electron chi connectivity index (χ3n) is 11.3. The zero-order valence-electron chi connectivity index (χ0n) is 30.0. The summed E-state index contributed by atoms with van der Waals surface area (Å²) < 4.78 is 9.19. The van der Waals surface area contributed by atoms with Gasteiger partial charge in [-0.25, -0.2) is 9.98 Å². The maximum atomic E-state index is 6.71. The summed E-state index contributed by atoms with van der Waals surface area (Å²) in [4.78, 5) is 11.2. The van der Waals surface area contributed by atoms with Gasteiger partial charge < -0.3 is 9.73 Å². The number of nitrogens with zero attached hydrogens (tertiary/aromatic N) is 2. The first-order chi connectivity index (χ1) is 27.7. The minimum Gasteiger partial charge on any atom is -0.456 e. The zero-order valence-corrected chi connectivity index (χ0v) is 30.8. The van der Waals surface area contributed by atoms with Crippen molar-refractivity contribution in [2.24, 2.45) is 9.98 Å². The lowest BCUT2D eigenvalue weighted by molar-refractivity contribution is 0.668. The molecule has 262 valence electrons. The van der Waals surface area contributed by atoms with E-state index in [-0.39, 0.29) is 0 Å². The second-order valence-electron chi connectivity index (χ2n) is 14.6. The summed E-state index contributed by atoms with van der Waals surface area (Å²) in [5.74, 6) is 1.57. The number of amidine groups is 2. The summed E-state index contributed by atoms with van der Waals surface area (Å²) in [5.41, 5.74) is 6.94. The van der Waals surface area contributed by atoms with Gasteiger partial charge in [0.15, 0.2) is 6.17 Å². The van der Waals surface area contributed by atoms with E-state index >= 15 is 0 Å². The average Bonchev–Trinajstić information content (AvgIpc) is 3.82. The Balaban J connectivity index is 1.17. The molecule has 0 amide bonds. The fourth-order valence-corrected chi connectivity index (χ4v) is 9.76. The monoisotopic (exact) mass is 733 g/mol. The highest BCUT2D eigenvalue weighted by molar-refractivity contribution is 7.25. The van der Waals surface area contributed by atoms with E-state index in [0.29, 0.717) is 0 Å². The van der Waals surface area contributed by atoms with Gasteiger partial charge in [-0.1, -0.05) is 133 Å². The van der Waals surface area contributed by atoms with Crippen molar-refractivity contribution in [1.82, 2.24) is 5.32 Å². The van der Waals surface area contributed by atoms with Crippen molar-refractivity contribution in [3.8, 4) is 11.1 Å². The fourth-order valence-electron chi connectivity index (χ4n) is 8.63. The fraction of sp³-hybridized carbons (Fsp3) is 0.0196. The predicted octanol–water partition coefficient (Wildman–Crippen LogP) is 13.6. The van der Waals surface area contributed by atoms with Gasteiger partial charge in [0.05, 0.1) is 0 Å². The van der Waals surface area contributed by atoms with Gasteiger partial charge in [0.25, 0.3) is 0 Å². The Hall–Kier alpha value is -7.08. The van der Waals surface area contributed by atoms with Gasteiger partial charge in [-0.05, 0) is 85.9 Å². The van der Waals surface area contributed by atoms with Crippen molar-refractivity contribution in [3.63, 3.8) is 0 Å². The smallest absolute Gasteiger partial charge is 0.171 e. The number of furan rings is 1. The van der Waals surface area contributed by atoms with E-state index in [4.69, 9.17) is 14.4 Å². The molecule has 1 aliphatic rings. The molecule has 1 unspecified atom stereocenters. The molecule has 0 radical (unpaired) electrons. The number of hydrogen-bond acceptors (Lipinski definition) is 5. The van der Waals surface area contributed by atoms with Crippen molar-refractivity contribution in [3.05, 3.63) is 193 Å². The SMILES string of the molecule is c1ccc2cc(C3=NC(c4c(-c5ccc6ccccc6c5)ccc5oc6cc7ccccc7cc6c45)N=C(c4cccc5sc6ccccc6c45)N3)ccc2c1. The van der Waals surface area contributed by atoms with Gasteiger partial charge in [-0.3, -0.25) is 0 Å². The Bertz CT molecular complexity index is 3480. The molecule has 12 rings (SSSR count). The number of thiophene rings is 1. The summed E-state index contributed by atoms with van der Waals surface area (Å²) in [6.45, 7) is 0. The van der Waals surface area contributed by atoms with Crippen molar-refractivity contribution in [2.75, 3.05) is 0 Å². The molecule has 9 aromatic carbocycles. The summed E-state index contributed by atoms with van der Waals surface area (Å²) >= 11 is 1.82. The van der Waals surface area contributed by atoms with Crippen LogP contribution >= 0.6 is 11.3 Å². The molecule has 3 heterocycles. The van der Waals surface area contributed by atoms with Crippen molar-refractivity contribution >= 4 is 97.4 Å². The van der Waals surface area contributed by atoms with Crippen LogP contribution in [0.25, 0.3) is 85.6 Å². The highest BCUT2D eigenvalue weighted by atomic mass is 32.1. The largest absolute Gasteiger partial charge is 0.456 e. The van der Waals surface area contributed by atoms with Gasteiger partial charge in [-0.2, -0.15) is 0 Å². The normalized spacial score (nSPS) is 14.6. The predicted molar refractivity (Wildman–Crippen MR) is 236 cm³/mol. The number of benzene rings is 9. The Morgan fingerprint density at radius 1 is 0.429 bits per heavy atom. The number of aliphatic imine (C=N–C) groups is 2. The topological polar surface area (TPSA) is 49.9 Å². The van der Waals surface area contributed by atoms with E-state index in [1.165, 1.54) is 36.3 Å². The molecule has 1 N–H and O–H groups in total. The second kappa shape index (κ2) is 12.2. The van der Waals surface area contributed by atoms with Crippen LogP contribution in [0.5, 0.6) is 0 Å². The summed E-state index contributed by atoms with van der Waals surface area (Å²) in [7, 11) is 0. The summed E-state index contributed by atoms with van der Waals surface area (Å²) in [6, 6.07) is 62.7. The highest BCUT2D eigenvalue weighted by Gasteiger charge is 2.28. The van der Waals surface area contributed by atoms with E-state index in [1.54, 1.807) is 0 Å². The first-order valence-corrected chi connectivity index (χ1v) is 19.7. The van der Waals surface area contributed by atoms with Crippen LogP contribution in [-0.4, -0.2) is 11.7 Å². The lowest BCUT2D eigenvalue weighted by atomic mass is 9.91. The minimum atomic E-state index is -0.592. The molecular weight excluding hydrogens is 703 g/mol. The van der Waals surface area contributed by atoms with Crippen LogP contribution in [-0.2, 0) is 0 Å². The van der Waals surface area contributed by atoms with Crippen LogP contribution in [0.3, 0.4) is 0 Å². The molecule has 1 atom stereocenters. The standard InChI is InChI=1S/C51H31N3OS/c1-3-12-32-26-36(22-20-30(32)10-1)38-24-25-42-47(41-28-34-14-5-6-15-35(34)29-43(41)55-42)48(38)51-53-49(37-23-21-31-11-2-4-13-33(31)27-37)52-50(54-51)40-17-9-19-45-46(40)39-16-7-8-18-44(39)56-45/h1-29,51H,(H,52,53,54). The number of nitrogens with one attached hydrogen (secondary N) is 1. The highest BCUT2D eigenvalue weighted by Crippen LogP contribution is 2.45. The third-order valence-corrected chi connectivity index (χ3v) is 12.4. The lowest BCUT2D eigenvalue weighted by Crippen LogP contribution is -2.36. The van der Waals surface area contributed by atoms with Crippen LogP contribution in [0, 0.1) is 0 Å². The molecule has 0 saturated carbocycles. The van der Waals surface area contributed by atoms with Gasteiger partial charge in [0.2, 0.25) is 0 Å². The van der Waals surface area contributed by atoms with Gasteiger partial charge in [0, 0.05) is 47.6 Å². The lowest BCUT2D eigenvalue weighted by Gasteiger charge is -2.25. The molecule has 11 aromatic rings. The van der Waals surface area contributed by atoms with Crippen molar-refractivity contribution in [1.29, 1.82) is 0 Å². The van der Waals surface area contributed by atoms with E-state index in [1.807, 2.05) is 11.3 Å². The Morgan fingerprint density at radius 2 is 1.05 bits per heavy atom.